The van der Waals surface area contributed by atoms with Crippen LogP contribution in [0.15, 0.2) is 30.3 Å². The molecule has 0 heterocycles. The van der Waals surface area contributed by atoms with E-state index in [9.17, 15) is 22.0 Å². The number of fused-ring (bicyclic) bond motifs is 2. The van der Waals surface area contributed by atoms with E-state index in [-0.39, 0.29) is 28.5 Å². The summed E-state index contributed by atoms with van der Waals surface area (Å²) in [6.45, 7) is 2.21. The summed E-state index contributed by atoms with van der Waals surface area (Å²) in [7, 11) is 0. The first-order chi connectivity index (χ1) is 19.5. The lowest BCUT2D eigenvalue weighted by atomic mass is 9.63. The highest BCUT2D eigenvalue weighted by Crippen LogP contribution is 2.50. The van der Waals surface area contributed by atoms with Gasteiger partial charge in [0.05, 0.1) is 10.4 Å². The summed E-state index contributed by atoms with van der Waals surface area (Å²) in [5.74, 6) is -7.29. The lowest BCUT2D eigenvalue weighted by Crippen LogP contribution is -2.30. The molecule has 2 saturated carbocycles. The molecule has 0 amide bonds. The highest BCUT2D eigenvalue weighted by molar-refractivity contribution is 6.32. The molecule has 0 aliphatic heterocycles. The van der Waals surface area contributed by atoms with Crippen molar-refractivity contribution in [3.8, 4) is 5.75 Å². The van der Waals surface area contributed by atoms with Crippen LogP contribution in [0.5, 0.6) is 5.75 Å². The molecule has 41 heavy (non-hydrogen) atoms. The van der Waals surface area contributed by atoms with Crippen LogP contribution in [0.1, 0.15) is 88.2 Å². The van der Waals surface area contributed by atoms with Crippen LogP contribution in [0, 0.1) is 46.8 Å². The number of hydrogen-bond acceptors (Lipinski definition) is 1. The number of unbranched alkanes of at least 4 members (excludes halogenated alkanes) is 2. The maximum Gasteiger partial charge on any atom is 0.429 e. The Kier molecular flexibility index (Phi) is 8.79. The summed E-state index contributed by atoms with van der Waals surface area (Å²) < 4.78 is 105. The van der Waals surface area contributed by atoms with Crippen LogP contribution in [0.4, 0.5) is 30.7 Å². The molecule has 0 saturated heterocycles. The molecule has 222 valence electrons. The van der Waals surface area contributed by atoms with Crippen LogP contribution in [0.3, 0.4) is 0 Å². The van der Waals surface area contributed by atoms with Gasteiger partial charge in [0, 0.05) is 12.1 Å². The summed E-state index contributed by atoms with van der Waals surface area (Å²) in [5.41, 5.74) is -0.804. The molecule has 0 spiro atoms. The predicted molar refractivity (Wildman–Crippen MR) is 145 cm³/mol. The minimum Gasteiger partial charge on any atom is -0.429 e. The Morgan fingerprint density at radius 1 is 0.829 bits per heavy atom. The zero-order valence-electron chi connectivity index (χ0n) is 22.7. The average molecular weight is 601 g/mol. The van der Waals surface area contributed by atoms with Crippen molar-refractivity contribution in [1.82, 2.24) is 0 Å². The molecule has 3 aromatic carbocycles. The Balaban J connectivity index is 1.37. The van der Waals surface area contributed by atoms with Gasteiger partial charge in [-0.3, -0.25) is 0 Å². The second-order valence-electron chi connectivity index (χ2n) is 11.6. The third-order valence-electron chi connectivity index (χ3n) is 9.05. The monoisotopic (exact) mass is 600 g/mol. The third-order valence-corrected chi connectivity index (χ3v) is 9.43. The van der Waals surface area contributed by atoms with E-state index in [1.165, 1.54) is 38.5 Å². The van der Waals surface area contributed by atoms with Crippen molar-refractivity contribution in [2.24, 2.45) is 17.8 Å². The molecule has 4 unspecified atom stereocenters. The number of benzene rings is 3. The topological polar surface area (TPSA) is 9.23 Å². The Morgan fingerprint density at radius 3 is 2.22 bits per heavy atom. The average Bonchev–Trinajstić information content (AvgIpc) is 2.93. The van der Waals surface area contributed by atoms with Gasteiger partial charge in [-0.15, -0.1) is 0 Å². The van der Waals surface area contributed by atoms with Crippen molar-refractivity contribution in [3.05, 3.63) is 75.6 Å². The van der Waals surface area contributed by atoms with Crippen LogP contribution in [-0.2, 0) is 6.11 Å². The molecule has 0 radical (unpaired) electrons. The molecule has 4 atom stereocenters. The second kappa shape index (κ2) is 12.0. The van der Waals surface area contributed by atoms with Gasteiger partial charge in [-0.25, -0.2) is 22.0 Å². The van der Waals surface area contributed by atoms with Crippen molar-refractivity contribution < 1.29 is 35.5 Å². The minimum absolute atomic E-state index is 0.0185. The quantitative estimate of drug-likeness (QED) is 0.142. The molecule has 1 nitrogen and oxygen atoms in total. The number of rotatable bonds is 8. The lowest BCUT2D eigenvalue weighted by molar-refractivity contribution is -0.187. The number of ether oxygens (including phenoxy) is 1. The maximum absolute atomic E-state index is 15.6. The van der Waals surface area contributed by atoms with Crippen molar-refractivity contribution in [3.63, 3.8) is 0 Å². The summed E-state index contributed by atoms with van der Waals surface area (Å²) in [6.07, 6.45) is 6.80. The van der Waals surface area contributed by atoms with Crippen LogP contribution < -0.4 is 4.74 Å². The SMILES string of the molecule is CCCCCC1CCC2CC(c3cc4ccc(C(F)(F)Oc5cc(F)c(F)c(F)c5)c(F)c4c(F)c3Cl)CCC2C1. The number of alkyl halides is 2. The first kappa shape index (κ1) is 30.0. The van der Waals surface area contributed by atoms with Gasteiger partial charge in [0.15, 0.2) is 23.3 Å². The van der Waals surface area contributed by atoms with Crippen molar-refractivity contribution >= 4 is 22.4 Å². The van der Waals surface area contributed by atoms with E-state index >= 15 is 8.78 Å². The van der Waals surface area contributed by atoms with Gasteiger partial charge < -0.3 is 4.74 Å². The molecule has 5 rings (SSSR count). The van der Waals surface area contributed by atoms with E-state index in [2.05, 4.69) is 11.7 Å². The lowest BCUT2D eigenvalue weighted by Gasteiger charge is -2.42. The van der Waals surface area contributed by atoms with E-state index in [1.807, 2.05) is 0 Å². The third kappa shape index (κ3) is 6.04. The van der Waals surface area contributed by atoms with E-state index in [0.717, 1.165) is 43.7 Å². The molecule has 0 aromatic heterocycles. The van der Waals surface area contributed by atoms with Gasteiger partial charge in [0.25, 0.3) is 0 Å². The van der Waals surface area contributed by atoms with Crippen molar-refractivity contribution in [2.45, 2.75) is 83.2 Å². The summed E-state index contributed by atoms with van der Waals surface area (Å²) in [6, 6.07) is 3.87. The van der Waals surface area contributed by atoms with E-state index < -0.39 is 51.9 Å². The molecular formula is C32H32ClF7O. The zero-order valence-corrected chi connectivity index (χ0v) is 23.5. The Morgan fingerprint density at radius 2 is 1.51 bits per heavy atom. The molecule has 2 fully saturated rings. The maximum atomic E-state index is 15.6. The van der Waals surface area contributed by atoms with E-state index in [1.54, 1.807) is 6.07 Å². The summed E-state index contributed by atoms with van der Waals surface area (Å²) in [4.78, 5) is 0. The van der Waals surface area contributed by atoms with Gasteiger partial charge >= 0.3 is 6.11 Å². The molecule has 3 aromatic rings. The van der Waals surface area contributed by atoms with Gasteiger partial charge in [-0.1, -0.05) is 56.7 Å². The normalized spacial score (nSPS) is 23.0. The summed E-state index contributed by atoms with van der Waals surface area (Å²) in [5, 5.41) is -0.950. The zero-order chi connectivity index (χ0) is 29.5. The molecule has 2 aliphatic carbocycles. The second-order valence-corrected chi connectivity index (χ2v) is 12.0. The Hall–Kier alpha value is -2.48. The molecule has 2 aliphatic rings. The largest absolute Gasteiger partial charge is 0.429 e. The first-order valence-electron chi connectivity index (χ1n) is 14.3. The van der Waals surface area contributed by atoms with E-state index in [4.69, 9.17) is 11.6 Å². The van der Waals surface area contributed by atoms with E-state index in [0.29, 0.717) is 17.4 Å². The summed E-state index contributed by atoms with van der Waals surface area (Å²) >= 11 is 6.41. The van der Waals surface area contributed by atoms with Crippen LogP contribution in [0.2, 0.25) is 5.02 Å². The fraction of sp³-hybridized carbons (Fsp3) is 0.500. The standard InChI is InChI=1S/C32H32ClF7O/c1-2-3-4-5-17-6-7-19-13-20(9-8-18(19)12-17)23-14-21-10-11-24(29(36)27(21)31(38)28(23)33)32(39,40)41-22-15-25(34)30(37)26(35)16-22/h10-11,14-20H,2-9,12-13H2,1H3. The Labute approximate surface area is 240 Å². The predicted octanol–water partition coefficient (Wildman–Crippen LogP) is 11.2. The molecular weight excluding hydrogens is 569 g/mol. The van der Waals surface area contributed by atoms with Crippen molar-refractivity contribution in [2.75, 3.05) is 0 Å². The number of halogens is 8. The molecule has 0 N–H and O–H groups in total. The van der Waals surface area contributed by atoms with Gasteiger partial charge in [-0.2, -0.15) is 8.78 Å². The first-order valence-corrected chi connectivity index (χ1v) is 14.7. The number of hydrogen-bond donors (Lipinski definition) is 0. The smallest absolute Gasteiger partial charge is 0.429 e. The van der Waals surface area contributed by atoms with Gasteiger partial charge in [-0.05, 0) is 78.9 Å². The van der Waals surface area contributed by atoms with Gasteiger partial charge in [0.2, 0.25) is 0 Å². The van der Waals surface area contributed by atoms with Crippen LogP contribution in [-0.4, -0.2) is 0 Å². The minimum atomic E-state index is -4.46. The van der Waals surface area contributed by atoms with Gasteiger partial charge in [0.1, 0.15) is 17.1 Å². The van der Waals surface area contributed by atoms with Crippen LogP contribution >= 0.6 is 11.6 Å². The Bertz CT molecular complexity index is 1400. The fourth-order valence-electron chi connectivity index (χ4n) is 6.93. The highest BCUT2D eigenvalue weighted by Gasteiger charge is 2.40. The molecule has 9 heteroatoms. The van der Waals surface area contributed by atoms with Crippen molar-refractivity contribution in [1.29, 1.82) is 0 Å². The molecule has 0 bridgehead atoms. The fourth-order valence-corrected chi connectivity index (χ4v) is 7.24. The highest BCUT2D eigenvalue weighted by atomic mass is 35.5. The van der Waals surface area contributed by atoms with Crippen LogP contribution in [0.25, 0.3) is 10.8 Å².